The fourth-order valence-electron chi connectivity index (χ4n) is 1.13. The zero-order chi connectivity index (χ0) is 11.4. The van der Waals surface area contributed by atoms with Gasteiger partial charge < -0.3 is 4.90 Å². The van der Waals surface area contributed by atoms with Gasteiger partial charge in [-0.2, -0.15) is 5.10 Å². The van der Waals surface area contributed by atoms with Crippen molar-refractivity contribution in [3.63, 3.8) is 0 Å². The summed E-state index contributed by atoms with van der Waals surface area (Å²) in [6.07, 6.45) is 3.40. The highest BCUT2D eigenvalue weighted by Gasteiger charge is 2.17. The van der Waals surface area contributed by atoms with E-state index in [1.807, 2.05) is 0 Å². The van der Waals surface area contributed by atoms with Crippen molar-refractivity contribution >= 4 is 11.8 Å². The largest absolute Gasteiger partial charge is 0.333 e. The van der Waals surface area contributed by atoms with Crippen LogP contribution in [-0.4, -0.2) is 33.5 Å². The lowest BCUT2D eigenvalue weighted by Gasteiger charge is -2.14. The number of nitrogens with two attached hydrogens (primary N) is 1. The second-order valence-electron chi connectivity index (χ2n) is 3.16. The lowest BCUT2D eigenvalue weighted by atomic mass is 10.3. The second-order valence-corrected chi connectivity index (χ2v) is 3.16. The Morgan fingerprint density at radius 2 is 2.33 bits per heavy atom. The number of hydrazine groups is 1. The van der Waals surface area contributed by atoms with Gasteiger partial charge in [-0.25, -0.2) is 5.84 Å². The maximum Gasteiger partial charge on any atom is 0.323 e. The van der Waals surface area contributed by atoms with Gasteiger partial charge in [-0.05, 0) is 0 Å². The van der Waals surface area contributed by atoms with Gasteiger partial charge in [0.2, 0.25) is 0 Å². The first-order valence-electron chi connectivity index (χ1n) is 4.28. The Kier molecular flexibility index (Phi) is 3.40. The lowest BCUT2D eigenvalue weighted by Crippen LogP contribution is -2.43. The van der Waals surface area contributed by atoms with E-state index in [-0.39, 0.29) is 0 Å². The van der Waals surface area contributed by atoms with Crippen LogP contribution in [0.1, 0.15) is 5.56 Å². The maximum absolute atomic E-state index is 11.3. The van der Waals surface area contributed by atoms with Gasteiger partial charge in [-0.3, -0.25) is 19.7 Å². The summed E-state index contributed by atoms with van der Waals surface area (Å²) in [4.78, 5) is 23.5. The first-order valence-corrected chi connectivity index (χ1v) is 4.28. The molecule has 1 aromatic rings. The molecular weight excluding hydrogens is 198 g/mol. The highest BCUT2D eigenvalue weighted by molar-refractivity contribution is 6.34. The van der Waals surface area contributed by atoms with Crippen molar-refractivity contribution in [3.05, 3.63) is 18.0 Å². The quantitative estimate of drug-likeness (QED) is 0.266. The van der Waals surface area contributed by atoms with Crippen molar-refractivity contribution < 1.29 is 9.59 Å². The topological polar surface area (TPSA) is 93.2 Å². The SMILES string of the molecule is CN(Cc1cnn(C)c1)C(=O)C(=O)NN. The molecular formula is C8H13N5O2. The van der Waals surface area contributed by atoms with E-state index in [9.17, 15) is 9.59 Å². The van der Waals surface area contributed by atoms with Gasteiger partial charge in [-0.1, -0.05) is 0 Å². The molecule has 2 amide bonds. The van der Waals surface area contributed by atoms with Gasteiger partial charge in [-0.15, -0.1) is 0 Å². The van der Waals surface area contributed by atoms with Crippen LogP contribution in [0.3, 0.4) is 0 Å². The Labute approximate surface area is 86.8 Å². The van der Waals surface area contributed by atoms with Gasteiger partial charge in [0.15, 0.2) is 0 Å². The van der Waals surface area contributed by atoms with Gasteiger partial charge in [0, 0.05) is 32.4 Å². The van der Waals surface area contributed by atoms with E-state index in [0.717, 1.165) is 5.56 Å². The number of rotatable bonds is 2. The smallest absolute Gasteiger partial charge is 0.323 e. The molecule has 7 nitrogen and oxygen atoms in total. The minimum atomic E-state index is -0.832. The van der Waals surface area contributed by atoms with Gasteiger partial charge in [0.1, 0.15) is 0 Å². The number of amides is 2. The molecule has 0 saturated heterocycles. The van der Waals surface area contributed by atoms with E-state index < -0.39 is 11.8 Å². The molecule has 1 aromatic heterocycles. The first kappa shape index (κ1) is 11.2. The number of likely N-dealkylation sites (N-methyl/N-ethyl adjacent to an activating group) is 1. The molecule has 7 heteroatoms. The Hall–Kier alpha value is -1.89. The Morgan fingerprint density at radius 3 is 2.80 bits per heavy atom. The summed E-state index contributed by atoms with van der Waals surface area (Å²) in [6.45, 7) is 0.320. The normalized spacial score (nSPS) is 9.80. The molecule has 0 atom stereocenters. The molecule has 0 aliphatic rings. The number of hydrogen-bond acceptors (Lipinski definition) is 4. The zero-order valence-corrected chi connectivity index (χ0v) is 8.60. The third kappa shape index (κ3) is 2.78. The highest BCUT2D eigenvalue weighted by atomic mass is 16.2. The van der Waals surface area contributed by atoms with Crippen LogP contribution < -0.4 is 11.3 Å². The van der Waals surface area contributed by atoms with Crippen LogP contribution in [0.5, 0.6) is 0 Å². The molecule has 0 radical (unpaired) electrons. The van der Waals surface area contributed by atoms with E-state index >= 15 is 0 Å². The summed E-state index contributed by atoms with van der Waals surface area (Å²) < 4.78 is 1.62. The molecule has 0 saturated carbocycles. The van der Waals surface area contributed by atoms with E-state index in [4.69, 9.17) is 5.84 Å². The van der Waals surface area contributed by atoms with Crippen LogP contribution in [0.4, 0.5) is 0 Å². The number of carbonyl (C=O) groups excluding carboxylic acids is 2. The number of nitrogens with zero attached hydrogens (tertiary/aromatic N) is 3. The van der Waals surface area contributed by atoms with Crippen molar-refractivity contribution in [2.24, 2.45) is 12.9 Å². The molecule has 82 valence electrons. The van der Waals surface area contributed by atoms with Gasteiger partial charge >= 0.3 is 11.8 Å². The van der Waals surface area contributed by atoms with Crippen LogP contribution >= 0.6 is 0 Å². The summed E-state index contributed by atoms with van der Waals surface area (Å²) in [5.41, 5.74) is 2.63. The van der Waals surface area contributed by atoms with Crippen LogP contribution in [0, 0.1) is 0 Å². The molecule has 0 bridgehead atoms. The third-order valence-electron chi connectivity index (χ3n) is 1.85. The number of carbonyl (C=O) groups is 2. The minimum absolute atomic E-state index is 0.320. The Balaban J connectivity index is 2.59. The predicted molar refractivity (Wildman–Crippen MR) is 52.0 cm³/mol. The van der Waals surface area contributed by atoms with Crippen molar-refractivity contribution in [2.75, 3.05) is 7.05 Å². The summed E-state index contributed by atoms with van der Waals surface area (Å²) in [6, 6.07) is 0. The molecule has 0 aliphatic heterocycles. The monoisotopic (exact) mass is 211 g/mol. The first-order chi connectivity index (χ1) is 7.04. The van der Waals surface area contributed by atoms with Gasteiger partial charge in [0.05, 0.1) is 6.20 Å². The second kappa shape index (κ2) is 4.56. The Bertz CT molecular complexity index is 373. The van der Waals surface area contributed by atoms with E-state index in [1.165, 1.54) is 11.9 Å². The number of hydrogen-bond donors (Lipinski definition) is 2. The molecule has 1 rings (SSSR count). The van der Waals surface area contributed by atoms with E-state index in [1.54, 1.807) is 29.5 Å². The van der Waals surface area contributed by atoms with E-state index in [2.05, 4.69) is 5.10 Å². The zero-order valence-electron chi connectivity index (χ0n) is 8.60. The van der Waals surface area contributed by atoms with Crippen molar-refractivity contribution in [3.8, 4) is 0 Å². The van der Waals surface area contributed by atoms with Crippen LogP contribution in [-0.2, 0) is 23.2 Å². The van der Waals surface area contributed by atoms with Crippen LogP contribution in [0.15, 0.2) is 12.4 Å². The number of aryl methyl sites for hydroxylation is 1. The molecule has 1 heterocycles. The average molecular weight is 211 g/mol. The fraction of sp³-hybridized carbons (Fsp3) is 0.375. The molecule has 3 N–H and O–H groups in total. The summed E-state index contributed by atoms with van der Waals surface area (Å²) in [5.74, 6) is 3.33. The maximum atomic E-state index is 11.3. The van der Waals surface area contributed by atoms with Crippen LogP contribution in [0.2, 0.25) is 0 Å². The molecule has 0 aromatic carbocycles. The third-order valence-corrected chi connectivity index (χ3v) is 1.85. The fourth-order valence-corrected chi connectivity index (χ4v) is 1.13. The summed E-state index contributed by atoms with van der Waals surface area (Å²) in [7, 11) is 3.29. The van der Waals surface area contributed by atoms with E-state index in [0.29, 0.717) is 6.54 Å². The van der Waals surface area contributed by atoms with Gasteiger partial charge in [0.25, 0.3) is 0 Å². The average Bonchev–Trinajstić information content (AvgIpc) is 2.61. The van der Waals surface area contributed by atoms with Crippen molar-refractivity contribution in [1.29, 1.82) is 0 Å². The molecule has 0 fully saturated rings. The molecule has 0 unspecified atom stereocenters. The summed E-state index contributed by atoms with van der Waals surface area (Å²) >= 11 is 0. The summed E-state index contributed by atoms with van der Waals surface area (Å²) in [5, 5.41) is 3.95. The minimum Gasteiger partial charge on any atom is -0.333 e. The Morgan fingerprint density at radius 1 is 1.67 bits per heavy atom. The standard InChI is InChI=1S/C8H13N5O2/c1-12(8(15)7(14)11-9)4-6-3-10-13(2)5-6/h3,5H,4,9H2,1-2H3,(H,11,14). The molecule has 0 spiro atoms. The lowest BCUT2D eigenvalue weighted by molar-refractivity contribution is -0.145. The highest BCUT2D eigenvalue weighted by Crippen LogP contribution is 2.01. The van der Waals surface area contributed by atoms with Crippen molar-refractivity contribution in [1.82, 2.24) is 20.1 Å². The number of nitrogens with one attached hydrogen (secondary N) is 1. The molecule has 15 heavy (non-hydrogen) atoms. The predicted octanol–water partition coefficient (Wildman–Crippen LogP) is -1.63. The van der Waals surface area contributed by atoms with Crippen LogP contribution in [0.25, 0.3) is 0 Å². The number of aromatic nitrogens is 2. The molecule has 0 aliphatic carbocycles. The van der Waals surface area contributed by atoms with Crippen molar-refractivity contribution in [2.45, 2.75) is 6.54 Å².